The third kappa shape index (κ3) is 3.53. The van der Waals surface area contributed by atoms with Crippen LogP contribution in [-0.2, 0) is 13.0 Å². The second-order valence-electron chi connectivity index (χ2n) is 7.53. The normalized spacial score (nSPS) is 12.5. The van der Waals surface area contributed by atoms with Crippen molar-refractivity contribution in [3.63, 3.8) is 0 Å². The molecule has 0 saturated heterocycles. The Morgan fingerprint density at radius 1 is 1.10 bits per heavy atom. The summed E-state index contributed by atoms with van der Waals surface area (Å²) in [5.41, 5.74) is 8.02. The van der Waals surface area contributed by atoms with Crippen LogP contribution in [0.15, 0.2) is 42.7 Å². The molecular formula is C23H25N5O. The van der Waals surface area contributed by atoms with Crippen molar-refractivity contribution in [3.05, 3.63) is 70.7 Å². The number of hydrogen-bond acceptors (Lipinski definition) is 5. The van der Waals surface area contributed by atoms with E-state index < -0.39 is 0 Å². The molecule has 2 N–H and O–H groups in total. The van der Waals surface area contributed by atoms with Crippen LogP contribution in [0.2, 0.25) is 0 Å². The molecule has 0 saturated carbocycles. The smallest absolute Gasteiger partial charge is 0.254 e. The van der Waals surface area contributed by atoms with Crippen molar-refractivity contribution in [2.75, 3.05) is 31.4 Å². The number of fused-ring (bicyclic) bond motifs is 1. The summed E-state index contributed by atoms with van der Waals surface area (Å²) in [5, 5.41) is 6.05. The number of aryl methyl sites for hydroxylation is 1. The summed E-state index contributed by atoms with van der Waals surface area (Å²) < 4.78 is 0. The van der Waals surface area contributed by atoms with Gasteiger partial charge in [-0.15, -0.1) is 0 Å². The Kier molecular flexibility index (Phi) is 4.92. The van der Waals surface area contributed by atoms with Crippen LogP contribution < -0.4 is 15.5 Å². The molecule has 3 heterocycles. The van der Waals surface area contributed by atoms with Gasteiger partial charge >= 0.3 is 0 Å². The molecule has 0 unspecified atom stereocenters. The van der Waals surface area contributed by atoms with Gasteiger partial charge in [0.2, 0.25) is 0 Å². The van der Waals surface area contributed by atoms with Gasteiger partial charge in [0, 0.05) is 63.4 Å². The van der Waals surface area contributed by atoms with Crippen molar-refractivity contribution >= 4 is 17.4 Å². The van der Waals surface area contributed by atoms with Gasteiger partial charge < -0.3 is 15.5 Å². The van der Waals surface area contributed by atoms with Gasteiger partial charge in [-0.2, -0.15) is 0 Å². The summed E-state index contributed by atoms with van der Waals surface area (Å²) in [5.74, 6) is 0.914. The molecule has 1 aliphatic rings. The Morgan fingerprint density at radius 3 is 2.59 bits per heavy atom. The van der Waals surface area contributed by atoms with Crippen LogP contribution in [0.25, 0.3) is 11.1 Å². The maximum Gasteiger partial charge on any atom is 0.254 e. The molecule has 1 amide bonds. The number of benzene rings is 1. The zero-order chi connectivity index (χ0) is 20.5. The lowest BCUT2D eigenvalue weighted by molar-refractivity contribution is 0.0966. The Morgan fingerprint density at radius 2 is 1.93 bits per heavy atom. The number of carbonyl (C=O) groups excluding carboxylic acids is 1. The van der Waals surface area contributed by atoms with Crippen molar-refractivity contribution in [1.29, 1.82) is 0 Å². The van der Waals surface area contributed by atoms with Crippen LogP contribution in [-0.4, -0.2) is 37.0 Å². The van der Waals surface area contributed by atoms with Crippen LogP contribution in [0.5, 0.6) is 0 Å². The summed E-state index contributed by atoms with van der Waals surface area (Å²) in [6, 6.07) is 10.3. The molecule has 29 heavy (non-hydrogen) atoms. The molecule has 0 bridgehead atoms. The summed E-state index contributed by atoms with van der Waals surface area (Å²) >= 11 is 0. The number of hydrogen-bond donors (Lipinski definition) is 2. The van der Waals surface area contributed by atoms with Crippen molar-refractivity contribution < 1.29 is 4.79 Å². The van der Waals surface area contributed by atoms with Crippen LogP contribution in [0.1, 0.15) is 32.7 Å². The van der Waals surface area contributed by atoms with Crippen molar-refractivity contribution in [2.24, 2.45) is 0 Å². The highest BCUT2D eigenvalue weighted by molar-refractivity contribution is 6.05. The zero-order valence-electron chi connectivity index (χ0n) is 17.2. The molecule has 6 nitrogen and oxygen atoms in total. The van der Waals surface area contributed by atoms with Gasteiger partial charge in [-0.25, -0.2) is 4.98 Å². The van der Waals surface area contributed by atoms with Gasteiger partial charge in [0.15, 0.2) is 0 Å². The molecule has 6 heteroatoms. The number of pyridine rings is 2. The first kappa shape index (κ1) is 18.9. The third-order valence-corrected chi connectivity index (χ3v) is 5.35. The number of amides is 1. The van der Waals surface area contributed by atoms with Gasteiger partial charge in [-0.3, -0.25) is 9.78 Å². The van der Waals surface area contributed by atoms with E-state index in [2.05, 4.69) is 40.7 Å². The van der Waals surface area contributed by atoms with Gasteiger partial charge in [0.05, 0.1) is 5.56 Å². The summed E-state index contributed by atoms with van der Waals surface area (Å²) in [6.45, 7) is 2.64. The highest BCUT2D eigenvalue weighted by atomic mass is 16.1. The van der Waals surface area contributed by atoms with Crippen LogP contribution >= 0.6 is 0 Å². The third-order valence-electron chi connectivity index (χ3n) is 5.35. The molecular weight excluding hydrogens is 362 g/mol. The summed E-state index contributed by atoms with van der Waals surface area (Å²) in [6.07, 6.45) is 4.56. The summed E-state index contributed by atoms with van der Waals surface area (Å²) in [4.78, 5) is 23.4. The van der Waals surface area contributed by atoms with E-state index in [0.29, 0.717) is 6.54 Å². The maximum atomic E-state index is 12.3. The van der Waals surface area contributed by atoms with E-state index >= 15 is 0 Å². The lowest BCUT2D eigenvalue weighted by Crippen LogP contribution is -2.13. The minimum atomic E-state index is -0.0258. The maximum absolute atomic E-state index is 12.3. The molecule has 0 fully saturated rings. The second-order valence-corrected chi connectivity index (χ2v) is 7.53. The molecule has 0 radical (unpaired) electrons. The molecule has 1 aromatic carbocycles. The first-order valence-corrected chi connectivity index (χ1v) is 9.68. The van der Waals surface area contributed by atoms with E-state index in [0.717, 1.165) is 57.0 Å². The lowest BCUT2D eigenvalue weighted by atomic mass is 9.93. The first-order chi connectivity index (χ1) is 14.0. The number of nitrogens with one attached hydrogen (secondary N) is 2. The largest absolute Gasteiger partial charge is 0.387 e. The van der Waals surface area contributed by atoms with E-state index in [-0.39, 0.29) is 5.91 Å². The fourth-order valence-corrected chi connectivity index (χ4v) is 3.80. The van der Waals surface area contributed by atoms with Crippen LogP contribution in [0, 0.1) is 6.92 Å². The molecule has 2 aromatic heterocycles. The molecule has 0 spiro atoms. The number of rotatable bonds is 5. The van der Waals surface area contributed by atoms with E-state index in [1.54, 1.807) is 0 Å². The van der Waals surface area contributed by atoms with E-state index in [4.69, 9.17) is 4.98 Å². The lowest BCUT2D eigenvalue weighted by Gasteiger charge is -2.14. The van der Waals surface area contributed by atoms with Crippen LogP contribution in [0.3, 0.4) is 0 Å². The molecule has 1 aliphatic heterocycles. The van der Waals surface area contributed by atoms with E-state index in [1.165, 1.54) is 0 Å². The minimum absolute atomic E-state index is 0.0258. The monoisotopic (exact) mass is 387 g/mol. The Bertz CT molecular complexity index is 1070. The number of nitrogens with zero attached hydrogens (tertiary/aromatic N) is 3. The highest BCUT2D eigenvalue weighted by Gasteiger charge is 2.26. The predicted molar refractivity (Wildman–Crippen MR) is 116 cm³/mol. The van der Waals surface area contributed by atoms with Crippen molar-refractivity contribution in [1.82, 2.24) is 15.3 Å². The quantitative estimate of drug-likeness (QED) is 0.702. The molecule has 3 aromatic rings. The fraction of sp³-hybridized carbons (Fsp3) is 0.261. The standard InChI is InChI=1S/C23H25N5O/c1-14-9-16(10-15-5-8-21(26-11-15)28(3)4)25-12-18(14)17-6-7-20(24-2)22-19(17)13-27-23(22)29/h5-9,11-12,24H,10,13H2,1-4H3,(H,27,29). The molecule has 148 valence electrons. The average Bonchev–Trinajstić information content (AvgIpc) is 3.10. The van der Waals surface area contributed by atoms with Gasteiger partial charge in [0.25, 0.3) is 5.91 Å². The fourth-order valence-electron chi connectivity index (χ4n) is 3.80. The zero-order valence-corrected chi connectivity index (χ0v) is 17.2. The summed E-state index contributed by atoms with van der Waals surface area (Å²) in [7, 11) is 5.80. The topological polar surface area (TPSA) is 70.2 Å². The van der Waals surface area contributed by atoms with Crippen LogP contribution in [0.4, 0.5) is 11.5 Å². The Labute approximate surface area is 171 Å². The predicted octanol–water partition coefficient (Wildman–Crippen LogP) is 3.39. The number of anilines is 2. The van der Waals surface area contributed by atoms with Gasteiger partial charge in [-0.1, -0.05) is 12.1 Å². The molecule has 0 aliphatic carbocycles. The highest BCUT2D eigenvalue weighted by Crippen LogP contribution is 2.35. The Hall–Kier alpha value is -3.41. The second kappa shape index (κ2) is 7.54. The SMILES string of the molecule is CNc1ccc(-c2cnc(Cc3ccc(N(C)C)nc3)cc2C)c2c1C(=O)NC2. The molecule has 0 atom stereocenters. The minimum Gasteiger partial charge on any atom is -0.387 e. The first-order valence-electron chi connectivity index (χ1n) is 9.68. The average molecular weight is 387 g/mol. The molecule has 4 rings (SSSR count). The van der Waals surface area contributed by atoms with Crippen molar-refractivity contribution in [3.8, 4) is 11.1 Å². The van der Waals surface area contributed by atoms with Gasteiger partial charge in [0.1, 0.15) is 5.82 Å². The number of aromatic nitrogens is 2. The van der Waals surface area contributed by atoms with Gasteiger partial charge in [-0.05, 0) is 47.4 Å². The van der Waals surface area contributed by atoms with E-state index in [1.807, 2.05) is 50.6 Å². The van der Waals surface area contributed by atoms with Crippen molar-refractivity contribution in [2.45, 2.75) is 19.9 Å². The van der Waals surface area contributed by atoms with E-state index in [9.17, 15) is 4.79 Å². The number of carbonyl (C=O) groups is 1. The Balaban J connectivity index is 1.64.